The Hall–Kier alpha value is -1.56. The maximum absolute atomic E-state index is 6.02. The molecule has 0 spiro atoms. The van der Waals surface area contributed by atoms with Crippen LogP contribution in [0, 0.1) is 6.92 Å². The van der Waals surface area contributed by atoms with E-state index in [2.05, 4.69) is 15.3 Å². The molecule has 0 aliphatic carbocycles. The van der Waals surface area contributed by atoms with E-state index in [0.717, 1.165) is 27.7 Å². The topological polar surface area (TPSA) is 43.6 Å². The lowest BCUT2D eigenvalue weighted by Gasteiger charge is -2.01. The molecule has 4 nitrogen and oxygen atoms in total. The smallest absolute Gasteiger partial charge is 0.0934 e. The zero-order chi connectivity index (χ0) is 15.5. The molecular formula is C15H12Cl2N4S. The van der Waals surface area contributed by atoms with E-state index in [1.54, 1.807) is 28.6 Å². The van der Waals surface area contributed by atoms with Crippen LogP contribution in [0.4, 0.5) is 0 Å². The molecule has 0 saturated heterocycles. The first kappa shape index (κ1) is 15.3. The third kappa shape index (κ3) is 3.61. The van der Waals surface area contributed by atoms with Gasteiger partial charge in [0.05, 0.1) is 27.6 Å². The van der Waals surface area contributed by atoms with Crippen molar-refractivity contribution in [3.63, 3.8) is 0 Å². The number of rotatable bonds is 4. The van der Waals surface area contributed by atoms with Crippen molar-refractivity contribution < 1.29 is 0 Å². The molecule has 0 saturated carbocycles. The molecule has 0 fully saturated rings. The standard InChI is InChI=1S/C15H12Cl2N4S/c1-10-6-13(4-5-18-10)22-9-11-8-21(20-19-11)12-2-3-14(16)15(17)7-12/h2-8H,9H2,1H3. The molecule has 7 heteroatoms. The van der Waals surface area contributed by atoms with Gasteiger partial charge in [0.2, 0.25) is 0 Å². The summed E-state index contributed by atoms with van der Waals surface area (Å²) in [4.78, 5) is 5.35. The maximum atomic E-state index is 6.02. The van der Waals surface area contributed by atoms with Crippen molar-refractivity contribution in [1.29, 1.82) is 0 Å². The van der Waals surface area contributed by atoms with Crippen molar-refractivity contribution in [2.45, 2.75) is 17.6 Å². The largest absolute Gasteiger partial charge is 0.262 e. The first-order valence-electron chi connectivity index (χ1n) is 6.54. The minimum atomic E-state index is 0.498. The second-order valence-corrected chi connectivity index (χ2v) is 6.54. The highest BCUT2D eigenvalue weighted by molar-refractivity contribution is 7.98. The normalized spacial score (nSPS) is 10.9. The Labute approximate surface area is 142 Å². The van der Waals surface area contributed by atoms with Gasteiger partial charge < -0.3 is 0 Å². The van der Waals surface area contributed by atoms with E-state index in [9.17, 15) is 0 Å². The van der Waals surface area contributed by atoms with Crippen LogP contribution in [0.5, 0.6) is 0 Å². The van der Waals surface area contributed by atoms with Crippen LogP contribution in [0.1, 0.15) is 11.4 Å². The van der Waals surface area contributed by atoms with Gasteiger partial charge >= 0.3 is 0 Å². The summed E-state index contributed by atoms with van der Waals surface area (Å²) in [6.07, 6.45) is 3.70. The molecule has 112 valence electrons. The van der Waals surface area contributed by atoms with E-state index in [-0.39, 0.29) is 0 Å². The van der Waals surface area contributed by atoms with Crippen LogP contribution >= 0.6 is 35.0 Å². The minimum Gasteiger partial charge on any atom is -0.262 e. The first-order chi connectivity index (χ1) is 10.6. The van der Waals surface area contributed by atoms with Gasteiger partial charge in [-0.15, -0.1) is 16.9 Å². The zero-order valence-electron chi connectivity index (χ0n) is 11.7. The van der Waals surface area contributed by atoms with Crippen molar-refractivity contribution in [2.24, 2.45) is 0 Å². The molecule has 0 aliphatic rings. The molecule has 0 unspecified atom stereocenters. The van der Waals surface area contributed by atoms with E-state index in [0.29, 0.717) is 10.0 Å². The van der Waals surface area contributed by atoms with Gasteiger partial charge in [0.15, 0.2) is 0 Å². The average Bonchev–Trinajstić information content (AvgIpc) is 2.97. The summed E-state index contributed by atoms with van der Waals surface area (Å²) in [6.45, 7) is 1.98. The van der Waals surface area contributed by atoms with Gasteiger partial charge in [0.25, 0.3) is 0 Å². The molecule has 0 aliphatic heterocycles. The molecular weight excluding hydrogens is 339 g/mol. The van der Waals surface area contributed by atoms with Crippen LogP contribution in [-0.2, 0) is 5.75 Å². The molecule has 0 atom stereocenters. The molecule has 3 rings (SSSR count). The number of hydrogen-bond donors (Lipinski definition) is 0. The van der Waals surface area contributed by atoms with Crippen molar-refractivity contribution in [2.75, 3.05) is 0 Å². The fraction of sp³-hybridized carbons (Fsp3) is 0.133. The number of thioether (sulfide) groups is 1. The zero-order valence-corrected chi connectivity index (χ0v) is 14.0. The molecule has 0 amide bonds. The highest BCUT2D eigenvalue weighted by atomic mass is 35.5. The van der Waals surface area contributed by atoms with Gasteiger partial charge in [-0.05, 0) is 37.3 Å². The lowest BCUT2D eigenvalue weighted by molar-refractivity contribution is 0.800. The van der Waals surface area contributed by atoms with Gasteiger partial charge in [-0.1, -0.05) is 28.4 Å². The molecule has 2 aromatic heterocycles. The molecule has 1 aromatic carbocycles. The first-order valence-corrected chi connectivity index (χ1v) is 8.28. The summed E-state index contributed by atoms with van der Waals surface area (Å²) in [7, 11) is 0. The quantitative estimate of drug-likeness (QED) is 0.646. The van der Waals surface area contributed by atoms with Gasteiger partial charge in [0, 0.05) is 22.5 Å². The fourth-order valence-corrected chi connectivity index (χ4v) is 3.04. The van der Waals surface area contributed by atoms with E-state index >= 15 is 0 Å². The second-order valence-electron chi connectivity index (χ2n) is 4.67. The van der Waals surface area contributed by atoms with Crippen LogP contribution in [0.25, 0.3) is 5.69 Å². The van der Waals surface area contributed by atoms with Crippen molar-refractivity contribution in [1.82, 2.24) is 20.0 Å². The highest BCUT2D eigenvalue weighted by Gasteiger charge is 2.06. The van der Waals surface area contributed by atoms with Gasteiger partial charge in [-0.25, -0.2) is 4.68 Å². The lowest BCUT2D eigenvalue weighted by atomic mass is 10.3. The highest BCUT2D eigenvalue weighted by Crippen LogP contribution is 2.25. The molecule has 3 aromatic rings. The van der Waals surface area contributed by atoms with E-state index in [1.165, 1.54) is 0 Å². The summed E-state index contributed by atoms with van der Waals surface area (Å²) in [5.74, 6) is 0.741. The van der Waals surface area contributed by atoms with Crippen molar-refractivity contribution in [3.05, 3.63) is 64.2 Å². The number of aryl methyl sites for hydroxylation is 1. The number of hydrogen-bond acceptors (Lipinski definition) is 4. The number of benzene rings is 1. The number of nitrogens with zero attached hydrogens (tertiary/aromatic N) is 4. The predicted molar refractivity (Wildman–Crippen MR) is 89.9 cm³/mol. The molecule has 22 heavy (non-hydrogen) atoms. The average molecular weight is 351 g/mol. The summed E-state index contributed by atoms with van der Waals surface area (Å²) in [6, 6.07) is 9.40. The Morgan fingerprint density at radius 1 is 1.14 bits per heavy atom. The summed E-state index contributed by atoms with van der Waals surface area (Å²) in [5, 5.41) is 9.33. The van der Waals surface area contributed by atoms with E-state index < -0.39 is 0 Å². The lowest BCUT2D eigenvalue weighted by Crippen LogP contribution is -1.94. The fourth-order valence-electron chi connectivity index (χ4n) is 1.88. The minimum absolute atomic E-state index is 0.498. The van der Waals surface area contributed by atoms with Crippen LogP contribution < -0.4 is 0 Å². The van der Waals surface area contributed by atoms with Crippen molar-refractivity contribution in [3.8, 4) is 5.69 Å². The van der Waals surface area contributed by atoms with Crippen LogP contribution in [-0.4, -0.2) is 20.0 Å². The Bertz CT molecular complexity index is 804. The molecule has 2 heterocycles. The second kappa shape index (κ2) is 6.69. The predicted octanol–water partition coefficient (Wildman–Crippen LogP) is 4.57. The van der Waals surface area contributed by atoms with Gasteiger partial charge in [0.1, 0.15) is 0 Å². The monoisotopic (exact) mass is 350 g/mol. The Balaban J connectivity index is 1.72. The molecule has 0 bridgehead atoms. The van der Waals surface area contributed by atoms with Crippen molar-refractivity contribution >= 4 is 35.0 Å². The number of halogens is 2. The summed E-state index contributed by atoms with van der Waals surface area (Å²) in [5.41, 5.74) is 2.73. The molecule has 0 radical (unpaired) electrons. The number of pyridine rings is 1. The summed E-state index contributed by atoms with van der Waals surface area (Å²) < 4.78 is 1.69. The third-order valence-corrected chi connectivity index (χ3v) is 4.73. The van der Waals surface area contributed by atoms with Crippen LogP contribution in [0.2, 0.25) is 10.0 Å². The van der Waals surface area contributed by atoms with Gasteiger partial charge in [-0.3, -0.25) is 4.98 Å². The maximum Gasteiger partial charge on any atom is 0.0934 e. The van der Waals surface area contributed by atoms with E-state index in [1.807, 2.05) is 37.5 Å². The number of aromatic nitrogens is 4. The SMILES string of the molecule is Cc1cc(SCc2cn(-c3ccc(Cl)c(Cl)c3)nn2)ccn1. The Morgan fingerprint density at radius 3 is 2.77 bits per heavy atom. The van der Waals surface area contributed by atoms with Gasteiger partial charge in [-0.2, -0.15) is 0 Å². The third-order valence-electron chi connectivity index (χ3n) is 2.96. The Morgan fingerprint density at radius 2 is 2.00 bits per heavy atom. The molecule has 0 N–H and O–H groups in total. The summed E-state index contributed by atoms with van der Waals surface area (Å²) >= 11 is 13.6. The Kier molecular flexibility index (Phi) is 4.66. The van der Waals surface area contributed by atoms with E-state index in [4.69, 9.17) is 23.2 Å². The van der Waals surface area contributed by atoms with Crippen LogP contribution in [0.15, 0.2) is 47.6 Å². The van der Waals surface area contributed by atoms with Crippen LogP contribution in [0.3, 0.4) is 0 Å².